The average Bonchev–Trinajstić information content (AvgIpc) is 3.12. The Bertz CT molecular complexity index is 1040. The van der Waals surface area contributed by atoms with Crippen molar-refractivity contribution in [3.05, 3.63) is 53.5 Å². The fourth-order valence-electron chi connectivity index (χ4n) is 3.63. The molecule has 1 saturated heterocycles. The summed E-state index contributed by atoms with van der Waals surface area (Å²) >= 11 is 0. The molecule has 0 aliphatic carbocycles. The molecule has 0 radical (unpaired) electrons. The van der Waals surface area contributed by atoms with Crippen LogP contribution in [0.5, 0.6) is 5.75 Å². The van der Waals surface area contributed by atoms with Gasteiger partial charge in [-0.1, -0.05) is 0 Å². The molecule has 2 N–H and O–H groups in total. The topological polar surface area (TPSA) is 85.6 Å². The summed E-state index contributed by atoms with van der Waals surface area (Å²) in [4.78, 5) is 11.7. The largest absolute Gasteiger partial charge is 0.496 e. The monoisotopic (exact) mass is 399 g/mol. The van der Waals surface area contributed by atoms with Crippen molar-refractivity contribution in [3.63, 3.8) is 0 Å². The summed E-state index contributed by atoms with van der Waals surface area (Å²) in [6, 6.07) is 9.75. The maximum atomic E-state index is 13.6. The van der Waals surface area contributed by atoms with Gasteiger partial charge in [0, 0.05) is 29.8 Å². The zero-order chi connectivity index (χ0) is 20.4. The Balaban J connectivity index is 1.64. The third-order valence-corrected chi connectivity index (χ3v) is 5.06. The number of carboxylic acids is 1. The van der Waals surface area contributed by atoms with Gasteiger partial charge in [0.25, 0.3) is 0 Å². The lowest BCUT2D eigenvalue weighted by Gasteiger charge is -2.23. The highest BCUT2D eigenvalue weighted by Gasteiger charge is 2.23. The van der Waals surface area contributed by atoms with Crippen LogP contribution in [0.3, 0.4) is 0 Å². The van der Waals surface area contributed by atoms with Gasteiger partial charge in [-0.2, -0.15) is 5.10 Å². The van der Waals surface area contributed by atoms with E-state index in [-0.39, 0.29) is 17.7 Å². The number of anilines is 1. The van der Waals surface area contributed by atoms with Crippen LogP contribution in [0.2, 0.25) is 0 Å². The predicted octanol–water partition coefficient (Wildman–Crippen LogP) is 4.19. The number of carbonyl (C=O) groups is 1. The highest BCUT2D eigenvalue weighted by molar-refractivity contribution is 6.02. The molecular weight excluding hydrogens is 377 g/mol. The predicted molar refractivity (Wildman–Crippen MR) is 106 cm³/mol. The standard InChI is InChI=1S/C21H22FN3O4/c1-28-18-8-5-14(22)10-13(18)12-23-15-6-7-17-16(11-15)20(21(26)27)24-25(17)19-4-2-3-9-29-19/h5-8,10-11,19,23H,2-4,9,12H2,1H3,(H,26,27). The molecule has 7 nitrogen and oxygen atoms in total. The Kier molecular flexibility index (Phi) is 5.35. The van der Waals surface area contributed by atoms with Crippen LogP contribution in [0.15, 0.2) is 36.4 Å². The molecule has 8 heteroatoms. The minimum atomic E-state index is -1.09. The lowest BCUT2D eigenvalue weighted by atomic mass is 10.1. The third kappa shape index (κ3) is 3.88. The Hall–Kier alpha value is -3.13. The second-order valence-corrected chi connectivity index (χ2v) is 6.96. The van der Waals surface area contributed by atoms with Gasteiger partial charge in [0.2, 0.25) is 0 Å². The normalized spacial score (nSPS) is 16.7. The van der Waals surface area contributed by atoms with Crippen molar-refractivity contribution >= 4 is 22.6 Å². The number of carboxylic acid groups (broad SMARTS) is 1. The molecule has 1 fully saturated rings. The van der Waals surface area contributed by atoms with Crippen molar-refractivity contribution in [2.45, 2.75) is 32.0 Å². The Morgan fingerprint density at radius 2 is 2.21 bits per heavy atom. The molecule has 1 unspecified atom stereocenters. The molecule has 3 aromatic rings. The quantitative estimate of drug-likeness (QED) is 0.646. The molecule has 1 aliphatic heterocycles. The molecule has 0 spiro atoms. The van der Waals surface area contributed by atoms with Gasteiger partial charge < -0.3 is 19.9 Å². The van der Waals surface area contributed by atoms with E-state index >= 15 is 0 Å². The van der Waals surface area contributed by atoms with Gasteiger partial charge in [0.1, 0.15) is 11.6 Å². The van der Waals surface area contributed by atoms with Crippen molar-refractivity contribution < 1.29 is 23.8 Å². The highest BCUT2D eigenvalue weighted by Crippen LogP contribution is 2.30. The van der Waals surface area contributed by atoms with Gasteiger partial charge in [-0.15, -0.1) is 0 Å². The number of hydrogen-bond acceptors (Lipinski definition) is 5. The lowest BCUT2D eigenvalue weighted by Crippen LogP contribution is -2.19. The van der Waals surface area contributed by atoms with Crippen molar-refractivity contribution in [2.24, 2.45) is 0 Å². The van der Waals surface area contributed by atoms with E-state index in [1.54, 1.807) is 16.8 Å². The summed E-state index contributed by atoms with van der Waals surface area (Å²) in [6.45, 7) is 0.970. The average molecular weight is 399 g/mol. The van der Waals surface area contributed by atoms with Gasteiger partial charge in [-0.05, 0) is 55.7 Å². The van der Waals surface area contributed by atoms with E-state index in [9.17, 15) is 14.3 Å². The second-order valence-electron chi connectivity index (χ2n) is 6.96. The summed E-state index contributed by atoms with van der Waals surface area (Å²) < 4.78 is 26.3. The Labute approximate surface area is 167 Å². The van der Waals surface area contributed by atoms with E-state index in [4.69, 9.17) is 9.47 Å². The maximum absolute atomic E-state index is 13.6. The fraction of sp³-hybridized carbons (Fsp3) is 0.333. The van der Waals surface area contributed by atoms with Crippen molar-refractivity contribution in [2.75, 3.05) is 19.0 Å². The first-order valence-electron chi connectivity index (χ1n) is 9.50. The summed E-state index contributed by atoms with van der Waals surface area (Å²) in [5.74, 6) is -0.859. The summed E-state index contributed by atoms with van der Waals surface area (Å²) in [6.07, 6.45) is 2.56. The number of aromatic carboxylic acids is 1. The van der Waals surface area contributed by atoms with Crippen LogP contribution in [-0.4, -0.2) is 34.6 Å². The number of aromatic nitrogens is 2. The number of halogens is 1. The van der Waals surface area contributed by atoms with Gasteiger partial charge in [0.15, 0.2) is 11.9 Å². The van der Waals surface area contributed by atoms with Crippen LogP contribution in [0, 0.1) is 5.82 Å². The van der Waals surface area contributed by atoms with Crippen LogP contribution in [-0.2, 0) is 11.3 Å². The second kappa shape index (κ2) is 8.08. The first-order chi connectivity index (χ1) is 14.1. The summed E-state index contributed by atoms with van der Waals surface area (Å²) in [7, 11) is 1.53. The van der Waals surface area contributed by atoms with Gasteiger partial charge in [0.05, 0.1) is 12.6 Å². The van der Waals surface area contributed by atoms with E-state index in [0.717, 1.165) is 19.3 Å². The third-order valence-electron chi connectivity index (χ3n) is 5.06. The van der Waals surface area contributed by atoms with E-state index in [1.807, 2.05) is 12.1 Å². The van der Waals surface area contributed by atoms with Crippen molar-refractivity contribution in [3.8, 4) is 5.75 Å². The fourth-order valence-corrected chi connectivity index (χ4v) is 3.63. The molecule has 0 bridgehead atoms. The maximum Gasteiger partial charge on any atom is 0.357 e. The summed E-state index contributed by atoms with van der Waals surface area (Å²) in [5, 5.41) is 17.6. The molecule has 0 saturated carbocycles. The Morgan fingerprint density at radius 1 is 1.34 bits per heavy atom. The number of ether oxygens (including phenoxy) is 2. The Morgan fingerprint density at radius 3 is 2.93 bits per heavy atom. The molecule has 1 atom stereocenters. The smallest absolute Gasteiger partial charge is 0.357 e. The van der Waals surface area contributed by atoms with Gasteiger partial charge in [-0.25, -0.2) is 13.9 Å². The highest BCUT2D eigenvalue weighted by atomic mass is 19.1. The number of nitrogens with zero attached hydrogens (tertiary/aromatic N) is 2. The van der Waals surface area contributed by atoms with Crippen molar-refractivity contribution in [1.82, 2.24) is 9.78 Å². The number of benzene rings is 2. The lowest BCUT2D eigenvalue weighted by molar-refractivity contribution is -0.0368. The molecule has 152 valence electrons. The minimum absolute atomic E-state index is 0.0128. The molecule has 1 aromatic heterocycles. The van der Waals surface area contributed by atoms with Crippen LogP contribution >= 0.6 is 0 Å². The summed E-state index contributed by atoms with van der Waals surface area (Å²) in [5.41, 5.74) is 2.07. The van der Waals surface area contributed by atoms with E-state index in [1.165, 1.54) is 19.2 Å². The van der Waals surface area contributed by atoms with Crippen LogP contribution in [0.4, 0.5) is 10.1 Å². The molecule has 2 heterocycles. The van der Waals surface area contributed by atoms with Crippen LogP contribution in [0.1, 0.15) is 41.5 Å². The first-order valence-corrected chi connectivity index (χ1v) is 9.50. The zero-order valence-corrected chi connectivity index (χ0v) is 16.0. The molecular formula is C21H22FN3O4. The SMILES string of the molecule is COc1ccc(F)cc1CNc1ccc2c(c1)c(C(=O)O)nn2C1CCCCO1. The van der Waals surface area contributed by atoms with E-state index in [2.05, 4.69) is 10.4 Å². The number of nitrogens with one attached hydrogen (secondary N) is 1. The molecule has 2 aromatic carbocycles. The van der Waals surface area contributed by atoms with Crippen molar-refractivity contribution in [1.29, 1.82) is 0 Å². The number of rotatable bonds is 6. The van der Waals surface area contributed by atoms with Crippen LogP contribution in [0.25, 0.3) is 10.9 Å². The molecule has 29 heavy (non-hydrogen) atoms. The molecule has 0 amide bonds. The molecule has 1 aliphatic rings. The van der Waals surface area contributed by atoms with Gasteiger partial charge >= 0.3 is 5.97 Å². The number of hydrogen-bond donors (Lipinski definition) is 2. The number of fused-ring (bicyclic) bond motifs is 1. The van der Waals surface area contributed by atoms with Crippen LogP contribution < -0.4 is 10.1 Å². The first kappa shape index (κ1) is 19.2. The zero-order valence-electron chi connectivity index (χ0n) is 16.0. The number of methoxy groups -OCH3 is 1. The molecule has 4 rings (SSSR count). The van der Waals surface area contributed by atoms with E-state index < -0.39 is 5.97 Å². The van der Waals surface area contributed by atoms with Gasteiger partial charge in [-0.3, -0.25) is 0 Å². The minimum Gasteiger partial charge on any atom is -0.496 e. The van der Waals surface area contributed by atoms with E-state index in [0.29, 0.717) is 41.1 Å².